The molecule has 8 heteroatoms. The number of carbonyl (C=O) groups is 2. The van der Waals surface area contributed by atoms with Gasteiger partial charge >= 0.3 is 5.97 Å². The predicted octanol–water partition coefficient (Wildman–Crippen LogP) is 3.71. The zero-order chi connectivity index (χ0) is 21.3. The number of nitrogens with zero attached hydrogens (tertiary/aromatic N) is 4. The van der Waals surface area contributed by atoms with E-state index in [9.17, 15) is 9.59 Å². The molecule has 30 heavy (non-hydrogen) atoms. The SMILES string of the molecule is CCOC(=O)C1CCCN(C(=O)c2sc3nc(C)nc(N4CCCCC4)c3c2C)C1. The average Bonchev–Trinajstić information content (AvgIpc) is 3.09. The molecule has 4 heterocycles. The molecule has 0 spiro atoms. The predicted molar refractivity (Wildman–Crippen MR) is 118 cm³/mol. The molecule has 2 aliphatic rings. The fourth-order valence-corrected chi connectivity index (χ4v) is 5.71. The highest BCUT2D eigenvalue weighted by molar-refractivity contribution is 7.20. The molecule has 0 bridgehead atoms. The van der Waals surface area contributed by atoms with E-state index >= 15 is 0 Å². The molecule has 2 aliphatic heterocycles. The van der Waals surface area contributed by atoms with Gasteiger partial charge in [-0.05, 0) is 58.4 Å². The Morgan fingerprint density at radius 1 is 1.10 bits per heavy atom. The van der Waals surface area contributed by atoms with Gasteiger partial charge in [-0.1, -0.05) is 0 Å². The van der Waals surface area contributed by atoms with Gasteiger partial charge in [-0.25, -0.2) is 9.97 Å². The van der Waals surface area contributed by atoms with Crippen LogP contribution in [0.15, 0.2) is 0 Å². The van der Waals surface area contributed by atoms with Gasteiger partial charge in [0.1, 0.15) is 16.5 Å². The van der Waals surface area contributed by atoms with E-state index < -0.39 is 0 Å². The molecule has 0 saturated carbocycles. The van der Waals surface area contributed by atoms with Crippen molar-refractivity contribution in [1.29, 1.82) is 0 Å². The van der Waals surface area contributed by atoms with Crippen LogP contribution in [0.1, 0.15) is 60.1 Å². The number of rotatable bonds is 4. The monoisotopic (exact) mass is 430 g/mol. The van der Waals surface area contributed by atoms with Gasteiger partial charge in [0, 0.05) is 26.2 Å². The standard InChI is InChI=1S/C22H30N4O3S/c1-4-29-22(28)16-9-8-12-26(13-16)21(27)18-14(2)17-19(25-10-6-5-7-11-25)23-15(3)24-20(17)30-18/h16H,4-13H2,1-3H3. The fraction of sp³-hybridized carbons (Fsp3) is 0.636. The van der Waals surface area contributed by atoms with Gasteiger partial charge in [0.2, 0.25) is 0 Å². The number of likely N-dealkylation sites (tertiary alicyclic amines) is 1. The van der Waals surface area contributed by atoms with E-state index in [0.717, 1.165) is 53.4 Å². The van der Waals surface area contributed by atoms with Crippen molar-refractivity contribution in [3.05, 3.63) is 16.3 Å². The maximum atomic E-state index is 13.4. The molecule has 0 aliphatic carbocycles. The van der Waals surface area contributed by atoms with Gasteiger partial charge < -0.3 is 14.5 Å². The smallest absolute Gasteiger partial charge is 0.310 e. The number of aromatic nitrogens is 2. The van der Waals surface area contributed by atoms with Crippen LogP contribution in [0, 0.1) is 19.8 Å². The van der Waals surface area contributed by atoms with Crippen LogP contribution < -0.4 is 4.90 Å². The lowest BCUT2D eigenvalue weighted by Gasteiger charge is -2.31. The first-order valence-corrected chi connectivity index (χ1v) is 11.8. The van der Waals surface area contributed by atoms with E-state index in [-0.39, 0.29) is 17.8 Å². The number of ether oxygens (including phenoxy) is 1. The Labute approximate surface area is 181 Å². The summed E-state index contributed by atoms with van der Waals surface area (Å²) in [5.41, 5.74) is 0.957. The van der Waals surface area contributed by atoms with Crippen molar-refractivity contribution in [2.24, 2.45) is 5.92 Å². The van der Waals surface area contributed by atoms with E-state index in [4.69, 9.17) is 9.72 Å². The van der Waals surface area contributed by atoms with Crippen molar-refractivity contribution in [3.63, 3.8) is 0 Å². The van der Waals surface area contributed by atoms with Crippen molar-refractivity contribution in [3.8, 4) is 0 Å². The zero-order valence-corrected chi connectivity index (χ0v) is 18.9. The maximum Gasteiger partial charge on any atom is 0.310 e. The fourth-order valence-electron chi connectivity index (χ4n) is 4.52. The summed E-state index contributed by atoms with van der Waals surface area (Å²) in [4.78, 5) is 40.7. The molecule has 1 amide bonds. The summed E-state index contributed by atoms with van der Waals surface area (Å²) < 4.78 is 5.18. The summed E-state index contributed by atoms with van der Waals surface area (Å²) in [7, 11) is 0. The van der Waals surface area contributed by atoms with Gasteiger partial charge in [-0.3, -0.25) is 9.59 Å². The quantitative estimate of drug-likeness (QED) is 0.688. The van der Waals surface area contributed by atoms with E-state index in [2.05, 4.69) is 9.88 Å². The number of fused-ring (bicyclic) bond motifs is 1. The topological polar surface area (TPSA) is 75.6 Å². The molecule has 4 rings (SSSR count). The average molecular weight is 431 g/mol. The van der Waals surface area contributed by atoms with Crippen LogP contribution in [0.2, 0.25) is 0 Å². The van der Waals surface area contributed by atoms with E-state index in [0.29, 0.717) is 24.6 Å². The van der Waals surface area contributed by atoms with Crippen molar-refractivity contribution >= 4 is 39.2 Å². The molecule has 1 atom stereocenters. The molecular weight excluding hydrogens is 400 g/mol. The molecule has 2 fully saturated rings. The lowest BCUT2D eigenvalue weighted by Crippen LogP contribution is -2.42. The van der Waals surface area contributed by atoms with E-state index in [1.54, 1.807) is 0 Å². The van der Waals surface area contributed by atoms with Gasteiger partial charge in [0.25, 0.3) is 5.91 Å². The Kier molecular flexibility index (Phi) is 6.22. The number of piperidine rings is 2. The summed E-state index contributed by atoms with van der Waals surface area (Å²) in [5.74, 6) is 1.27. The van der Waals surface area contributed by atoms with Crippen LogP contribution in [0.4, 0.5) is 5.82 Å². The molecule has 0 radical (unpaired) electrons. The van der Waals surface area contributed by atoms with Gasteiger partial charge in [0.05, 0.1) is 22.8 Å². The molecule has 1 unspecified atom stereocenters. The lowest BCUT2D eigenvalue weighted by molar-refractivity contribution is -0.149. The minimum Gasteiger partial charge on any atom is -0.466 e. The Morgan fingerprint density at radius 3 is 2.60 bits per heavy atom. The van der Waals surface area contributed by atoms with Crippen LogP contribution in [0.5, 0.6) is 0 Å². The van der Waals surface area contributed by atoms with Crippen LogP contribution in [0.25, 0.3) is 10.2 Å². The van der Waals surface area contributed by atoms with Crippen LogP contribution in [-0.4, -0.2) is 59.5 Å². The molecule has 2 aromatic rings. The molecule has 162 valence electrons. The number of anilines is 1. The first-order chi connectivity index (χ1) is 14.5. The van der Waals surface area contributed by atoms with Crippen molar-refractivity contribution in [2.75, 3.05) is 37.7 Å². The van der Waals surface area contributed by atoms with Gasteiger partial charge in [-0.2, -0.15) is 0 Å². The minimum absolute atomic E-state index is 0.00764. The molecule has 2 aromatic heterocycles. The molecule has 0 N–H and O–H groups in total. The summed E-state index contributed by atoms with van der Waals surface area (Å²) in [6.45, 7) is 9.20. The maximum absolute atomic E-state index is 13.4. The molecule has 0 aromatic carbocycles. The molecular formula is C22H30N4O3S. The third-order valence-electron chi connectivity index (χ3n) is 6.06. The van der Waals surface area contributed by atoms with Crippen LogP contribution in [0.3, 0.4) is 0 Å². The van der Waals surface area contributed by atoms with Crippen LogP contribution in [-0.2, 0) is 9.53 Å². The van der Waals surface area contributed by atoms with Crippen molar-refractivity contribution in [2.45, 2.75) is 52.9 Å². The summed E-state index contributed by atoms with van der Waals surface area (Å²) in [5, 5.41) is 1.01. The van der Waals surface area contributed by atoms with Crippen molar-refractivity contribution < 1.29 is 14.3 Å². The summed E-state index contributed by atoms with van der Waals surface area (Å²) >= 11 is 1.45. The highest BCUT2D eigenvalue weighted by Crippen LogP contribution is 2.37. The van der Waals surface area contributed by atoms with Crippen molar-refractivity contribution in [1.82, 2.24) is 14.9 Å². The number of esters is 1. The number of amides is 1. The third kappa shape index (κ3) is 4.02. The summed E-state index contributed by atoms with van der Waals surface area (Å²) in [6, 6.07) is 0. The molecule has 7 nitrogen and oxygen atoms in total. The normalized spacial score (nSPS) is 19.9. The second kappa shape index (κ2) is 8.88. The second-order valence-electron chi connectivity index (χ2n) is 8.22. The zero-order valence-electron chi connectivity index (χ0n) is 18.1. The van der Waals surface area contributed by atoms with Gasteiger partial charge in [-0.15, -0.1) is 11.3 Å². The molecule has 2 saturated heterocycles. The highest BCUT2D eigenvalue weighted by atomic mass is 32.1. The Bertz CT molecular complexity index is 951. The number of hydrogen-bond donors (Lipinski definition) is 0. The number of thiophene rings is 1. The second-order valence-corrected chi connectivity index (χ2v) is 9.22. The summed E-state index contributed by atoms with van der Waals surface area (Å²) in [6.07, 6.45) is 5.19. The first kappa shape index (κ1) is 21.0. The Hall–Kier alpha value is -2.22. The lowest BCUT2D eigenvalue weighted by atomic mass is 9.98. The largest absolute Gasteiger partial charge is 0.466 e. The van der Waals surface area contributed by atoms with Gasteiger partial charge in [0.15, 0.2) is 0 Å². The Balaban J connectivity index is 1.65. The first-order valence-electron chi connectivity index (χ1n) is 11.0. The van der Waals surface area contributed by atoms with E-state index in [1.165, 1.54) is 30.6 Å². The number of carbonyl (C=O) groups excluding carboxylic acids is 2. The van der Waals surface area contributed by atoms with Crippen LogP contribution >= 0.6 is 11.3 Å². The number of hydrogen-bond acceptors (Lipinski definition) is 7. The highest BCUT2D eigenvalue weighted by Gasteiger charge is 2.32. The number of aryl methyl sites for hydroxylation is 2. The third-order valence-corrected chi connectivity index (χ3v) is 7.23. The minimum atomic E-state index is -0.233. The Morgan fingerprint density at radius 2 is 1.87 bits per heavy atom. The van der Waals surface area contributed by atoms with E-state index in [1.807, 2.05) is 25.7 Å².